The summed E-state index contributed by atoms with van der Waals surface area (Å²) in [6.07, 6.45) is 0.0530. The summed E-state index contributed by atoms with van der Waals surface area (Å²) >= 11 is 0. The van der Waals surface area contributed by atoms with Crippen LogP contribution in [0.3, 0.4) is 0 Å². The van der Waals surface area contributed by atoms with E-state index >= 15 is 0 Å². The van der Waals surface area contributed by atoms with E-state index < -0.39 is 23.9 Å². The van der Waals surface area contributed by atoms with Crippen molar-refractivity contribution >= 4 is 23.9 Å². The molecule has 0 bridgehead atoms. The second-order valence-electron chi connectivity index (χ2n) is 2.78. The highest BCUT2D eigenvalue weighted by atomic mass is 16.6. The Morgan fingerprint density at radius 1 is 0.800 bits per heavy atom. The third kappa shape index (κ3) is 8.61. The molecule has 0 aromatic heterocycles. The van der Waals surface area contributed by atoms with Gasteiger partial charge in [0.2, 0.25) is 0 Å². The van der Waals surface area contributed by atoms with Crippen LogP contribution in [0.25, 0.3) is 0 Å². The number of esters is 4. The standard InChI is InChI=1S/C9H12O6/c1-6(10)14-8(12)4-3-5-9(13)15-7(2)11/h3-5H2,1-2H3. The molecule has 0 aromatic rings. The Bertz CT molecular complexity index is 252. The minimum absolute atomic E-state index is 0.0629. The molecule has 0 aliphatic carbocycles. The maximum absolute atomic E-state index is 10.8. The molecule has 0 fully saturated rings. The fourth-order valence-corrected chi connectivity index (χ4v) is 0.800. The quantitative estimate of drug-likeness (QED) is 0.497. The number of carbonyl (C=O) groups excluding carboxylic acids is 4. The van der Waals surface area contributed by atoms with Crippen LogP contribution in [0, 0.1) is 0 Å². The molecule has 84 valence electrons. The van der Waals surface area contributed by atoms with Gasteiger partial charge in [-0.15, -0.1) is 0 Å². The Kier molecular flexibility index (Phi) is 5.92. The van der Waals surface area contributed by atoms with Crippen LogP contribution in [-0.2, 0) is 28.7 Å². The van der Waals surface area contributed by atoms with Crippen LogP contribution in [0.2, 0.25) is 0 Å². The molecule has 0 spiro atoms. The van der Waals surface area contributed by atoms with E-state index in [1.54, 1.807) is 0 Å². The van der Waals surface area contributed by atoms with Gasteiger partial charge in [0, 0.05) is 26.7 Å². The Labute approximate surface area is 86.5 Å². The Morgan fingerprint density at radius 2 is 1.13 bits per heavy atom. The van der Waals surface area contributed by atoms with Gasteiger partial charge in [-0.05, 0) is 6.42 Å². The SMILES string of the molecule is CC(=O)OC(=O)CCCC(=O)OC(C)=O. The van der Waals surface area contributed by atoms with Crippen LogP contribution in [0.5, 0.6) is 0 Å². The van der Waals surface area contributed by atoms with Gasteiger partial charge in [0.1, 0.15) is 0 Å². The van der Waals surface area contributed by atoms with Crippen molar-refractivity contribution in [2.24, 2.45) is 0 Å². The summed E-state index contributed by atoms with van der Waals surface area (Å²) < 4.78 is 8.43. The molecule has 0 amide bonds. The molecule has 0 saturated heterocycles. The van der Waals surface area contributed by atoms with E-state index in [0.29, 0.717) is 0 Å². The topological polar surface area (TPSA) is 86.7 Å². The third-order valence-electron chi connectivity index (χ3n) is 1.28. The van der Waals surface area contributed by atoms with Crippen LogP contribution in [-0.4, -0.2) is 23.9 Å². The summed E-state index contributed by atoms with van der Waals surface area (Å²) in [5, 5.41) is 0. The molecular formula is C9H12O6. The monoisotopic (exact) mass is 216 g/mol. The highest BCUT2D eigenvalue weighted by Crippen LogP contribution is 2.00. The van der Waals surface area contributed by atoms with Gasteiger partial charge in [-0.3, -0.25) is 19.2 Å². The molecule has 0 aromatic carbocycles. The molecule has 0 rings (SSSR count). The van der Waals surface area contributed by atoms with Crippen molar-refractivity contribution in [3.63, 3.8) is 0 Å². The van der Waals surface area contributed by atoms with E-state index in [0.717, 1.165) is 13.8 Å². The fraction of sp³-hybridized carbons (Fsp3) is 0.556. The zero-order valence-corrected chi connectivity index (χ0v) is 8.57. The molecule has 6 heteroatoms. The minimum Gasteiger partial charge on any atom is -0.393 e. The first kappa shape index (κ1) is 13.3. The highest BCUT2D eigenvalue weighted by Gasteiger charge is 2.09. The fourth-order valence-electron chi connectivity index (χ4n) is 0.800. The Morgan fingerprint density at radius 3 is 1.40 bits per heavy atom. The van der Waals surface area contributed by atoms with Gasteiger partial charge in [0.15, 0.2) is 0 Å². The van der Waals surface area contributed by atoms with Crippen LogP contribution >= 0.6 is 0 Å². The van der Waals surface area contributed by atoms with E-state index in [4.69, 9.17) is 0 Å². The van der Waals surface area contributed by atoms with Gasteiger partial charge in [0.25, 0.3) is 0 Å². The summed E-state index contributed by atoms with van der Waals surface area (Å²) in [6, 6.07) is 0. The van der Waals surface area contributed by atoms with E-state index in [1.165, 1.54) is 0 Å². The van der Waals surface area contributed by atoms with E-state index in [9.17, 15) is 19.2 Å². The average molecular weight is 216 g/mol. The molecule has 6 nitrogen and oxygen atoms in total. The first-order chi connectivity index (χ1) is 6.91. The summed E-state index contributed by atoms with van der Waals surface area (Å²) in [5.74, 6) is -2.77. The van der Waals surface area contributed by atoms with Crippen molar-refractivity contribution < 1.29 is 28.7 Å². The van der Waals surface area contributed by atoms with Crippen molar-refractivity contribution in [3.8, 4) is 0 Å². The number of hydrogen-bond acceptors (Lipinski definition) is 6. The second-order valence-corrected chi connectivity index (χ2v) is 2.78. The van der Waals surface area contributed by atoms with Gasteiger partial charge >= 0.3 is 23.9 Å². The minimum atomic E-state index is -0.696. The van der Waals surface area contributed by atoms with E-state index in [2.05, 4.69) is 9.47 Å². The lowest BCUT2D eigenvalue weighted by Gasteiger charge is -2.00. The number of hydrogen-bond donors (Lipinski definition) is 0. The van der Waals surface area contributed by atoms with Crippen molar-refractivity contribution in [2.45, 2.75) is 33.1 Å². The lowest BCUT2D eigenvalue weighted by molar-refractivity contribution is -0.158. The zero-order valence-electron chi connectivity index (χ0n) is 8.57. The third-order valence-corrected chi connectivity index (χ3v) is 1.28. The average Bonchev–Trinajstić information content (AvgIpc) is 2.00. The Balaban J connectivity index is 3.61. The number of carbonyl (C=O) groups is 4. The smallest absolute Gasteiger partial charge is 0.313 e. The Hall–Kier alpha value is -1.72. The maximum atomic E-state index is 10.8. The van der Waals surface area contributed by atoms with Crippen molar-refractivity contribution in [1.29, 1.82) is 0 Å². The molecule has 0 aliphatic heterocycles. The first-order valence-electron chi connectivity index (χ1n) is 4.34. The lowest BCUT2D eigenvalue weighted by atomic mass is 10.2. The number of rotatable bonds is 4. The predicted molar refractivity (Wildman–Crippen MR) is 47.4 cm³/mol. The van der Waals surface area contributed by atoms with Crippen LogP contribution in [0.4, 0.5) is 0 Å². The van der Waals surface area contributed by atoms with Gasteiger partial charge in [-0.25, -0.2) is 0 Å². The van der Waals surface area contributed by atoms with Crippen LogP contribution in [0.1, 0.15) is 33.1 Å². The molecular weight excluding hydrogens is 204 g/mol. The first-order valence-corrected chi connectivity index (χ1v) is 4.34. The molecule has 0 atom stereocenters. The largest absolute Gasteiger partial charge is 0.393 e. The summed E-state index contributed by atoms with van der Waals surface area (Å²) in [4.78, 5) is 42.2. The van der Waals surface area contributed by atoms with Gasteiger partial charge in [-0.1, -0.05) is 0 Å². The molecule has 0 heterocycles. The molecule has 0 unspecified atom stereocenters. The summed E-state index contributed by atoms with van der Waals surface area (Å²) in [7, 11) is 0. The maximum Gasteiger partial charge on any atom is 0.313 e. The number of ether oxygens (including phenoxy) is 2. The van der Waals surface area contributed by atoms with Crippen LogP contribution in [0.15, 0.2) is 0 Å². The summed E-state index contributed by atoms with van der Waals surface area (Å²) in [5.41, 5.74) is 0. The molecule has 0 saturated carbocycles. The zero-order chi connectivity index (χ0) is 11.8. The van der Waals surface area contributed by atoms with Crippen LogP contribution < -0.4 is 0 Å². The second kappa shape index (κ2) is 6.69. The van der Waals surface area contributed by atoms with Crippen molar-refractivity contribution in [3.05, 3.63) is 0 Å². The molecule has 15 heavy (non-hydrogen) atoms. The lowest BCUT2D eigenvalue weighted by Crippen LogP contribution is -2.11. The normalized spacial score (nSPS) is 9.20. The van der Waals surface area contributed by atoms with Gasteiger partial charge in [0.05, 0.1) is 0 Å². The highest BCUT2D eigenvalue weighted by molar-refractivity contribution is 5.85. The molecule has 0 N–H and O–H groups in total. The van der Waals surface area contributed by atoms with E-state index in [1.807, 2.05) is 0 Å². The molecule has 0 radical (unpaired) electrons. The van der Waals surface area contributed by atoms with Gasteiger partial charge in [-0.2, -0.15) is 0 Å². The summed E-state index contributed by atoms with van der Waals surface area (Å²) in [6.45, 7) is 2.23. The van der Waals surface area contributed by atoms with Gasteiger partial charge < -0.3 is 9.47 Å². The predicted octanol–water partition coefficient (Wildman–Crippen LogP) is 0.336. The van der Waals surface area contributed by atoms with E-state index in [-0.39, 0.29) is 19.3 Å². The van der Waals surface area contributed by atoms with Crippen molar-refractivity contribution in [2.75, 3.05) is 0 Å². The van der Waals surface area contributed by atoms with Crippen molar-refractivity contribution in [1.82, 2.24) is 0 Å². The molecule has 0 aliphatic rings.